The van der Waals surface area contributed by atoms with Crippen LogP contribution in [0.3, 0.4) is 0 Å². The van der Waals surface area contributed by atoms with E-state index in [0.717, 1.165) is 18.3 Å². The summed E-state index contributed by atoms with van der Waals surface area (Å²) >= 11 is 3.56. The summed E-state index contributed by atoms with van der Waals surface area (Å²) in [5.41, 5.74) is 1.17. The third-order valence-corrected chi connectivity index (χ3v) is 3.59. The van der Waals surface area contributed by atoms with Gasteiger partial charge in [0.1, 0.15) is 0 Å². The first kappa shape index (κ1) is 14.6. The summed E-state index contributed by atoms with van der Waals surface area (Å²) in [6.45, 7) is 3.68. The van der Waals surface area contributed by atoms with Crippen molar-refractivity contribution in [3.63, 3.8) is 0 Å². The number of nitrogens with zero attached hydrogens (tertiary/aromatic N) is 1. The number of aldehydes is 1. The Labute approximate surface area is 109 Å². The molecule has 0 aliphatic heterocycles. The predicted molar refractivity (Wildman–Crippen MR) is 73.7 cm³/mol. The van der Waals surface area contributed by atoms with Crippen LogP contribution in [0.5, 0.6) is 0 Å². The Bertz CT molecular complexity index is 287. The van der Waals surface area contributed by atoms with Gasteiger partial charge in [-0.3, -0.25) is 7.31 Å². The van der Waals surface area contributed by atoms with Gasteiger partial charge >= 0.3 is 0 Å². The van der Waals surface area contributed by atoms with Gasteiger partial charge in [-0.15, -0.1) is 0 Å². The van der Waals surface area contributed by atoms with Crippen LogP contribution in [0.25, 0.3) is 0 Å². The van der Waals surface area contributed by atoms with Gasteiger partial charge in [0, 0.05) is 5.75 Å². The number of hydrogen-bond donors (Lipinski definition) is 1. The first-order chi connectivity index (χ1) is 7.15. The number of carbonyl (C=O) groups excluding carboxylic acids is 1. The van der Waals surface area contributed by atoms with E-state index in [4.69, 9.17) is 5.11 Å². The maximum Gasteiger partial charge on any atom is 0.167 e. The van der Waals surface area contributed by atoms with Gasteiger partial charge in [0.25, 0.3) is 0 Å². The lowest BCUT2D eigenvalue weighted by molar-refractivity contribution is -0.105. The standard InChI is InChI=1S/C10H14INO2S/c1-3-4-5-15-12(11)10(8-14)6-9(2)7-13/h3-4,6-8,13H,5H2,1-2H3/b4-3+,9-7?,10-6?. The number of carbonyl (C=O) groups is 1. The second kappa shape index (κ2) is 8.84. The SMILES string of the molecule is C/C=C/CSN(I)C(C=O)=CC(C)=CO. The van der Waals surface area contributed by atoms with Gasteiger partial charge in [-0.25, -0.2) is 0 Å². The van der Waals surface area contributed by atoms with Crippen LogP contribution in [0.4, 0.5) is 0 Å². The summed E-state index contributed by atoms with van der Waals surface area (Å²) in [5, 5.41) is 8.71. The van der Waals surface area contributed by atoms with E-state index in [2.05, 4.69) is 0 Å². The summed E-state index contributed by atoms with van der Waals surface area (Å²) in [5.74, 6) is 0.812. The number of aliphatic hydroxyl groups is 1. The van der Waals surface area contributed by atoms with E-state index in [0.29, 0.717) is 11.3 Å². The van der Waals surface area contributed by atoms with Crippen LogP contribution in [-0.4, -0.2) is 19.7 Å². The summed E-state index contributed by atoms with van der Waals surface area (Å²) in [7, 11) is 0. The summed E-state index contributed by atoms with van der Waals surface area (Å²) < 4.78 is 1.75. The van der Waals surface area contributed by atoms with Crippen molar-refractivity contribution in [2.45, 2.75) is 13.8 Å². The molecule has 15 heavy (non-hydrogen) atoms. The molecule has 0 heterocycles. The van der Waals surface area contributed by atoms with Gasteiger partial charge in [-0.1, -0.05) is 12.2 Å². The molecule has 0 aromatic rings. The van der Waals surface area contributed by atoms with Crippen molar-refractivity contribution >= 4 is 41.1 Å². The van der Waals surface area contributed by atoms with E-state index in [1.54, 1.807) is 15.5 Å². The van der Waals surface area contributed by atoms with Crippen LogP contribution in [0.15, 0.2) is 35.8 Å². The molecule has 0 bridgehead atoms. The van der Waals surface area contributed by atoms with Crippen LogP contribution in [0, 0.1) is 0 Å². The molecular formula is C10H14INO2S. The molecule has 0 fully saturated rings. The van der Waals surface area contributed by atoms with Crippen molar-refractivity contribution in [3.8, 4) is 0 Å². The molecule has 0 aliphatic carbocycles. The molecule has 3 nitrogen and oxygen atoms in total. The molecular weight excluding hydrogens is 325 g/mol. The zero-order valence-electron chi connectivity index (χ0n) is 8.68. The maximum absolute atomic E-state index is 10.8. The fraction of sp³-hybridized carbons (Fsp3) is 0.300. The lowest BCUT2D eigenvalue weighted by Gasteiger charge is -2.13. The van der Waals surface area contributed by atoms with Crippen LogP contribution >= 0.6 is 34.8 Å². The zero-order valence-corrected chi connectivity index (χ0v) is 11.7. The van der Waals surface area contributed by atoms with Crippen LogP contribution in [-0.2, 0) is 4.79 Å². The molecule has 0 saturated carbocycles. The Morgan fingerprint density at radius 1 is 1.60 bits per heavy atom. The topological polar surface area (TPSA) is 40.5 Å². The Morgan fingerprint density at radius 2 is 2.27 bits per heavy atom. The van der Waals surface area contributed by atoms with Crippen molar-refractivity contribution in [2.75, 3.05) is 5.75 Å². The van der Waals surface area contributed by atoms with E-state index in [1.165, 1.54) is 11.9 Å². The first-order valence-electron chi connectivity index (χ1n) is 4.33. The highest BCUT2D eigenvalue weighted by Gasteiger charge is 2.05. The van der Waals surface area contributed by atoms with Crippen LogP contribution < -0.4 is 0 Å². The van der Waals surface area contributed by atoms with E-state index in [9.17, 15) is 4.79 Å². The highest BCUT2D eigenvalue weighted by atomic mass is 127. The molecule has 5 heteroatoms. The Balaban J connectivity index is 4.40. The van der Waals surface area contributed by atoms with Crippen LogP contribution in [0.1, 0.15) is 13.8 Å². The first-order valence-corrected chi connectivity index (χ1v) is 6.24. The van der Waals surface area contributed by atoms with Crippen LogP contribution in [0.2, 0.25) is 0 Å². The predicted octanol–water partition coefficient (Wildman–Crippen LogP) is 3.41. The minimum absolute atomic E-state index is 0.521. The quantitative estimate of drug-likeness (QED) is 0.118. The van der Waals surface area contributed by atoms with Gasteiger partial charge in [0.2, 0.25) is 0 Å². The Morgan fingerprint density at radius 3 is 2.73 bits per heavy atom. The molecule has 0 amide bonds. The minimum atomic E-state index is 0.521. The fourth-order valence-corrected chi connectivity index (χ4v) is 2.07. The summed E-state index contributed by atoms with van der Waals surface area (Å²) in [6.07, 6.45) is 7.34. The molecule has 0 aromatic heterocycles. The second-order valence-electron chi connectivity index (χ2n) is 2.67. The van der Waals surface area contributed by atoms with E-state index < -0.39 is 0 Å². The zero-order chi connectivity index (χ0) is 11.7. The normalized spacial score (nSPS) is 13.3. The Kier molecular flexibility index (Phi) is 8.59. The van der Waals surface area contributed by atoms with E-state index in [-0.39, 0.29) is 0 Å². The fourth-order valence-electron chi connectivity index (χ4n) is 0.676. The third kappa shape index (κ3) is 6.62. The lowest BCUT2D eigenvalue weighted by atomic mass is 10.3. The van der Waals surface area contributed by atoms with Gasteiger partial charge in [-0.2, -0.15) is 0 Å². The minimum Gasteiger partial charge on any atom is -0.515 e. The second-order valence-corrected chi connectivity index (χ2v) is 5.25. The monoisotopic (exact) mass is 339 g/mol. The van der Waals surface area contributed by atoms with Crippen molar-refractivity contribution in [1.82, 2.24) is 2.52 Å². The molecule has 0 aliphatic rings. The third-order valence-electron chi connectivity index (χ3n) is 1.42. The molecule has 0 unspecified atom stereocenters. The van der Waals surface area contributed by atoms with Crippen molar-refractivity contribution < 1.29 is 9.90 Å². The smallest absolute Gasteiger partial charge is 0.167 e. The highest BCUT2D eigenvalue weighted by molar-refractivity contribution is 14.1. The molecule has 1 N–H and O–H groups in total. The molecule has 0 radical (unpaired) electrons. The van der Waals surface area contributed by atoms with E-state index >= 15 is 0 Å². The average Bonchev–Trinajstić information content (AvgIpc) is 2.25. The maximum atomic E-state index is 10.8. The molecule has 0 rings (SSSR count). The van der Waals surface area contributed by atoms with Gasteiger partial charge in [0.05, 0.1) is 34.8 Å². The number of rotatable bonds is 6. The average molecular weight is 339 g/mol. The van der Waals surface area contributed by atoms with E-state index in [1.807, 2.05) is 41.9 Å². The Hall–Kier alpha value is -0.430. The number of halogens is 1. The van der Waals surface area contributed by atoms with Gasteiger partial charge < -0.3 is 5.11 Å². The van der Waals surface area contributed by atoms with Crippen molar-refractivity contribution in [1.29, 1.82) is 0 Å². The lowest BCUT2D eigenvalue weighted by Crippen LogP contribution is -2.03. The number of allylic oxidation sites excluding steroid dienone is 4. The molecule has 0 saturated heterocycles. The number of hydrogen-bond acceptors (Lipinski definition) is 4. The number of aliphatic hydroxyl groups excluding tert-OH is 1. The molecule has 0 aromatic carbocycles. The molecule has 0 spiro atoms. The largest absolute Gasteiger partial charge is 0.515 e. The molecule has 84 valence electrons. The summed E-state index contributed by atoms with van der Waals surface area (Å²) in [6, 6.07) is 0. The van der Waals surface area contributed by atoms with Gasteiger partial charge in [-0.05, 0) is 37.4 Å². The van der Waals surface area contributed by atoms with Gasteiger partial charge in [0.15, 0.2) is 6.29 Å². The van der Waals surface area contributed by atoms with Crippen molar-refractivity contribution in [2.24, 2.45) is 0 Å². The molecule has 0 atom stereocenters. The van der Waals surface area contributed by atoms with Crippen molar-refractivity contribution in [3.05, 3.63) is 35.8 Å². The summed E-state index contributed by atoms with van der Waals surface area (Å²) in [4.78, 5) is 10.8. The highest BCUT2D eigenvalue weighted by Crippen LogP contribution is 2.22.